The number of nitriles is 1. The fourth-order valence-electron chi connectivity index (χ4n) is 5.22. The quantitative estimate of drug-likeness (QED) is 0.309. The Labute approximate surface area is 221 Å². The van der Waals surface area contributed by atoms with Gasteiger partial charge in [-0.15, -0.1) is 10.2 Å². The molecule has 3 atom stereocenters. The third-order valence-electron chi connectivity index (χ3n) is 7.15. The summed E-state index contributed by atoms with van der Waals surface area (Å²) in [6.45, 7) is 3.95. The third-order valence-corrected chi connectivity index (χ3v) is 10.3. The minimum Gasteiger partial charge on any atom is -0.274 e. The first-order chi connectivity index (χ1) is 18.1. The van der Waals surface area contributed by atoms with Gasteiger partial charge in [0.1, 0.15) is 5.82 Å². The molecule has 0 spiro atoms. The van der Waals surface area contributed by atoms with Crippen LogP contribution in [0.1, 0.15) is 56.3 Å². The van der Waals surface area contributed by atoms with E-state index >= 15 is 0 Å². The third kappa shape index (κ3) is 4.91. The second-order valence-electron chi connectivity index (χ2n) is 9.95. The molecule has 0 aliphatic heterocycles. The van der Waals surface area contributed by atoms with Crippen LogP contribution in [0.15, 0.2) is 47.6 Å². The van der Waals surface area contributed by atoms with Gasteiger partial charge in [0.05, 0.1) is 28.4 Å². The van der Waals surface area contributed by atoms with Crippen LogP contribution in [0.3, 0.4) is 0 Å². The maximum Gasteiger partial charge on any atom is 0.269 e. The van der Waals surface area contributed by atoms with Crippen molar-refractivity contribution < 1.29 is 16.8 Å². The molecule has 3 aromatic heterocycles. The topological polar surface area (TPSA) is 152 Å². The first-order valence-corrected chi connectivity index (χ1v) is 15.6. The number of sulfonamides is 1. The normalized spacial score (nSPS) is 20.3. The number of nitrogens with one attached hydrogen (secondary N) is 1. The minimum absolute atomic E-state index is 0.00659. The first-order valence-electron chi connectivity index (χ1n) is 12.5. The van der Waals surface area contributed by atoms with Gasteiger partial charge < -0.3 is 0 Å². The molecule has 3 heterocycles. The summed E-state index contributed by atoms with van der Waals surface area (Å²) in [6, 6.07) is 10.1. The Kier molecular flexibility index (Phi) is 6.97. The molecule has 1 aliphatic rings. The highest BCUT2D eigenvalue weighted by molar-refractivity contribution is 7.90. The van der Waals surface area contributed by atoms with E-state index in [0.29, 0.717) is 49.1 Å². The van der Waals surface area contributed by atoms with Gasteiger partial charge in [-0.2, -0.15) is 5.26 Å². The summed E-state index contributed by atoms with van der Waals surface area (Å²) in [5.74, 6) is 0.684. The summed E-state index contributed by atoms with van der Waals surface area (Å²) in [7, 11) is -7.33. The average Bonchev–Trinajstić information content (AvgIpc) is 3.58. The van der Waals surface area contributed by atoms with Crippen LogP contribution in [0.4, 0.5) is 0 Å². The molecule has 200 valence electrons. The molecule has 0 radical (unpaired) electrons. The van der Waals surface area contributed by atoms with E-state index in [1.54, 1.807) is 30.3 Å². The predicted octanol–water partition coefficient (Wildman–Crippen LogP) is 3.12. The van der Waals surface area contributed by atoms with Crippen LogP contribution in [0.25, 0.3) is 16.8 Å². The van der Waals surface area contributed by atoms with Crippen LogP contribution in [0, 0.1) is 24.2 Å². The van der Waals surface area contributed by atoms with Crippen LogP contribution in [-0.2, 0) is 20.0 Å². The van der Waals surface area contributed by atoms with Gasteiger partial charge in [-0.05, 0) is 56.7 Å². The monoisotopic (exact) mass is 555 g/mol. The summed E-state index contributed by atoms with van der Waals surface area (Å²) < 4.78 is 57.7. The Balaban J connectivity index is 1.44. The molecule has 1 aromatic carbocycles. The van der Waals surface area contributed by atoms with Gasteiger partial charge in [-0.3, -0.25) is 4.40 Å². The van der Waals surface area contributed by atoms with Gasteiger partial charge in [0.2, 0.25) is 10.0 Å². The van der Waals surface area contributed by atoms with Crippen molar-refractivity contribution in [2.24, 2.45) is 5.92 Å². The van der Waals surface area contributed by atoms with Crippen molar-refractivity contribution in [3.8, 4) is 6.07 Å². The molecular formula is C25H29N7O4S2. The van der Waals surface area contributed by atoms with Crippen molar-refractivity contribution in [2.45, 2.75) is 62.8 Å². The molecule has 0 amide bonds. The van der Waals surface area contributed by atoms with E-state index in [0.717, 1.165) is 9.54 Å². The van der Waals surface area contributed by atoms with E-state index in [1.165, 1.54) is 12.4 Å². The highest BCUT2D eigenvalue weighted by atomic mass is 32.2. The fourth-order valence-corrected chi connectivity index (χ4v) is 7.92. The fraction of sp³-hybridized carbons (Fsp3) is 0.440. The summed E-state index contributed by atoms with van der Waals surface area (Å²) >= 11 is 0. The smallest absolute Gasteiger partial charge is 0.269 e. The Morgan fingerprint density at radius 2 is 1.84 bits per heavy atom. The summed E-state index contributed by atoms with van der Waals surface area (Å²) in [4.78, 5) is 4.56. The van der Waals surface area contributed by atoms with Crippen molar-refractivity contribution in [2.75, 3.05) is 5.75 Å². The van der Waals surface area contributed by atoms with Crippen molar-refractivity contribution in [3.05, 3.63) is 54.1 Å². The Morgan fingerprint density at radius 3 is 2.58 bits per heavy atom. The molecule has 1 saturated carbocycles. The van der Waals surface area contributed by atoms with Gasteiger partial charge >= 0.3 is 0 Å². The van der Waals surface area contributed by atoms with E-state index in [-0.39, 0.29) is 34.2 Å². The molecular weight excluding hydrogens is 526 g/mol. The highest BCUT2D eigenvalue weighted by Gasteiger charge is 2.37. The van der Waals surface area contributed by atoms with Crippen molar-refractivity contribution in [1.29, 1.82) is 5.26 Å². The van der Waals surface area contributed by atoms with Crippen molar-refractivity contribution >= 4 is 36.9 Å². The number of rotatable bonds is 9. The SMILES string of the molecule is Cc1ccc(S(=O)(=O)n2ccc3c2ncc2nnc([C@H]4C[C@@H](NS(=O)(=O)CCCCC#N)C[C@H]4C)n23)cc1. The summed E-state index contributed by atoms with van der Waals surface area (Å²) in [5.41, 5.74) is 2.28. The van der Waals surface area contributed by atoms with Crippen LogP contribution >= 0.6 is 0 Å². The Morgan fingerprint density at radius 1 is 1.08 bits per heavy atom. The molecule has 4 aromatic rings. The van der Waals surface area contributed by atoms with E-state index in [2.05, 4.69) is 26.8 Å². The standard InChI is InChI=1S/C25H29N7O4S2/c1-17-6-8-20(9-7-17)38(35,36)31-12-10-22-25(31)27-16-23-28-29-24(32(22)23)21-15-19(14-18(21)2)30-37(33,34)13-5-3-4-11-26/h6-10,12,16,18-19,21,30H,3-5,13-15H2,1-2H3/t18-,19+,21+/m1/s1. The molecule has 1 aliphatic carbocycles. The maximum atomic E-state index is 13.4. The lowest BCUT2D eigenvalue weighted by Gasteiger charge is -2.14. The lowest BCUT2D eigenvalue weighted by Crippen LogP contribution is -2.34. The van der Waals surface area contributed by atoms with E-state index < -0.39 is 20.0 Å². The van der Waals surface area contributed by atoms with Gasteiger partial charge in [-0.1, -0.05) is 24.6 Å². The Bertz CT molecular complexity index is 1740. The van der Waals surface area contributed by atoms with Gasteiger partial charge in [0.15, 0.2) is 11.3 Å². The predicted molar refractivity (Wildman–Crippen MR) is 141 cm³/mol. The van der Waals surface area contributed by atoms with Crippen LogP contribution < -0.4 is 4.72 Å². The second kappa shape index (κ2) is 10.1. The molecule has 0 bridgehead atoms. The second-order valence-corrected chi connectivity index (χ2v) is 13.6. The largest absolute Gasteiger partial charge is 0.274 e. The number of nitrogens with zero attached hydrogens (tertiary/aromatic N) is 6. The van der Waals surface area contributed by atoms with Crippen LogP contribution in [-0.4, -0.2) is 52.2 Å². The van der Waals surface area contributed by atoms with Crippen molar-refractivity contribution in [1.82, 2.24) is 28.3 Å². The molecule has 1 N–H and O–H groups in total. The number of unbranched alkanes of at least 4 members (excludes halogenated alkanes) is 2. The first kappa shape index (κ1) is 26.3. The molecule has 11 nitrogen and oxygen atoms in total. The molecule has 38 heavy (non-hydrogen) atoms. The number of hydrogen-bond acceptors (Lipinski definition) is 8. The molecule has 0 unspecified atom stereocenters. The lowest BCUT2D eigenvalue weighted by molar-refractivity contribution is 0.505. The van der Waals surface area contributed by atoms with E-state index in [9.17, 15) is 16.8 Å². The maximum absolute atomic E-state index is 13.4. The van der Waals surface area contributed by atoms with E-state index in [4.69, 9.17) is 5.26 Å². The van der Waals surface area contributed by atoms with Crippen LogP contribution in [0.2, 0.25) is 0 Å². The molecule has 5 rings (SSSR count). The molecule has 1 fully saturated rings. The van der Waals surface area contributed by atoms with Crippen LogP contribution in [0.5, 0.6) is 0 Å². The number of hydrogen-bond donors (Lipinski definition) is 1. The average molecular weight is 556 g/mol. The van der Waals surface area contributed by atoms with Gasteiger partial charge in [-0.25, -0.2) is 30.5 Å². The zero-order valence-corrected chi connectivity index (χ0v) is 22.8. The van der Waals surface area contributed by atoms with E-state index in [1.807, 2.05) is 17.4 Å². The summed E-state index contributed by atoms with van der Waals surface area (Å²) in [5, 5.41) is 17.4. The zero-order chi connectivity index (χ0) is 27.1. The number of aromatic nitrogens is 5. The number of aryl methyl sites for hydroxylation is 1. The van der Waals surface area contributed by atoms with Gasteiger partial charge in [0, 0.05) is 24.6 Å². The van der Waals surface area contributed by atoms with Gasteiger partial charge in [0.25, 0.3) is 10.0 Å². The Hall–Kier alpha value is -3.34. The molecule has 13 heteroatoms. The summed E-state index contributed by atoms with van der Waals surface area (Å²) in [6.07, 6.45) is 5.51. The zero-order valence-electron chi connectivity index (χ0n) is 21.1. The molecule has 0 saturated heterocycles. The number of benzene rings is 1. The lowest BCUT2D eigenvalue weighted by atomic mass is 9.97. The number of fused-ring (bicyclic) bond motifs is 3. The highest BCUT2D eigenvalue weighted by Crippen LogP contribution is 2.40. The minimum atomic E-state index is -3.87. The van der Waals surface area contributed by atoms with Crippen molar-refractivity contribution in [3.63, 3.8) is 0 Å².